The minimum absolute atomic E-state index is 0.155. The van der Waals surface area contributed by atoms with Crippen molar-refractivity contribution < 1.29 is 4.79 Å². The Hall–Kier alpha value is -1.35. The van der Waals surface area contributed by atoms with Crippen LogP contribution in [0.2, 0.25) is 0 Å². The van der Waals surface area contributed by atoms with Crippen LogP contribution in [0.25, 0.3) is 0 Å². The van der Waals surface area contributed by atoms with Gasteiger partial charge in [0.05, 0.1) is 0 Å². The van der Waals surface area contributed by atoms with Gasteiger partial charge in [0, 0.05) is 11.6 Å². The Labute approximate surface area is 128 Å². The van der Waals surface area contributed by atoms with Gasteiger partial charge in [0.15, 0.2) is 0 Å². The number of nitrogens with two attached hydrogens (primary N) is 1. The highest BCUT2D eigenvalue weighted by atomic mass is 16.1. The van der Waals surface area contributed by atoms with E-state index in [9.17, 15) is 4.79 Å². The van der Waals surface area contributed by atoms with Gasteiger partial charge in [-0.25, -0.2) is 0 Å². The number of carbonyl (C=O) groups excluding carboxylic acids is 1. The van der Waals surface area contributed by atoms with Crippen LogP contribution in [0.1, 0.15) is 50.7 Å². The molecule has 21 heavy (non-hydrogen) atoms. The van der Waals surface area contributed by atoms with Crippen LogP contribution in [-0.2, 0) is 17.6 Å². The third kappa shape index (κ3) is 3.85. The van der Waals surface area contributed by atoms with Crippen LogP contribution in [0.3, 0.4) is 0 Å². The number of hydrogen-bond donors (Lipinski definition) is 2. The lowest BCUT2D eigenvalue weighted by Gasteiger charge is -2.27. The summed E-state index contributed by atoms with van der Waals surface area (Å²) < 4.78 is 0. The van der Waals surface area contributed by atoms with Crippen LogP contribution in [-0.4, -0.2) is 12.5 Å². The van der Waals surface area contributed by atoms with Gasteiger partial charge in [-0.05, 0) is 62.1 Å². The lowest BCUT2D eigenvalue weighted by atomic mass is 9.81. The molecule has 3 heteroatoms. The van der Waals surface area contributed by atoms with Gasteiger partial charge in [0.25, 0.3) is 0 Å². The van der Waals surface area contributed by atoms with Crippen molar-refractivity contribution in [3.05, 3.63) is 29.3 Å². The third-order valence-corrected chi connectivity index (χ3v) is 4.80. The van der Waals surface area contributed by atoms with Gasteiger partial charge < -0.3 is 11.1 Å². The van der Waals surface area contributed by atoms with E-state index in [0.717, 1.165) is 50.8 Å². The standard InChI is InChI=1S/C18H28N2O/c1-3-14-6-5-7-15(4-2)17(14)20-18(21)16-10-8-13(12-19)9-11-16/h5-7,13,16H,3-4,8-12,19H2,1-2H3,(H,20,21). The largest absolute Gasteiger partial charge is 0.330 e. The smallest absolute Gasteiger partial charge is 0.227 e. The van der Waals surface area contributed by atoms with Crippen LogP contribution < -0.4 is 11.1 Å². The molecular weight excluding hydrogens is 260 g/mol. The summed E-state index contributed by atoms with van der Waals surface area (Å²) in [4.78, 5) is 12.6. The molecule has 1 aliphatic rings. The first kappa shape index (κ1) is 16.0. The molecular formula is C18H28N2O. The molecule has 0 unspecified atom stereocenters. The van der Waals surface area contributed by atoms with Crippen LogP contribution in [0.15, 0.2) is 18.2 Å². The summed E-state index contributed by atoms with van der Waals surface area (Å²) in [6, 6.07) is 6.31. The third-order valence-electron chi connectivity index (χ3n) is 4.80. The molecule has 0 aromatic heterocycles. The van der Waals surface area contributed by atoms with Crippen molar-refractivity contribution in [3.63, 3.8) is 0 Å². The first-order chi connectivity index (χ1) is 10.2. The zero-order valence-electron chi connectivity index (χ0n) is 13.3. The van der Waals surface area contributed by atoms with Gasteiger partial charge >= 0.3 is 0 Å². The Bertz CT molecular complexity index is 454. The summed E-state index contributed by atoms with van der Waals surface area (Å²) >= 11 is 0. The van der Waals surface area contributed by atoms with Crippen molar-refractivity contribution in [2.75, 3.05) is 11.9 Å². The molecule has 1 fully saturated rings. The normalized spacial score (nSPS) is 22.0. The lowest BCUT2D eigenvalue weighted by molar-refractivity contribution is -0.121. The zero-order valence-corrected chi connectivity index (χ0v) is 13.3. The van der Waals surface area contributed by atoms with E-state index in [4.69, 9.17) is 5.73 Å². The summed E-state index contributed by atoms with van der Waals surface area (Å²) in [6.45, 7) is 5.03. The van der Waals surface area contributed by atoms with Gasteiger partial charge in [-0.2, -0.15) is 0 Å². The van der Waals surface area contributed by atoms with Crippen LogP contribution in [0.4, 0.5) is 5.69 Å². The monoisotopic (exact) mass is 288 g/mol. The summed E-state index contributed by atoms with van der Waals surface area (Å²) in [5.74, 6) is 0.965. The summed E-state index contributed by atoms with van der Waals surface area (Å²) in [7, 11) is 0. The Morgan fingerprint density at radius 3 is 2.19 bits per heavy atom. The number of amides is 1. The number of benzene rings is 1. The molecule has 0 saturated heterocycles. The first-order valence-corrected chi connectivity index (χ1v) is 8.31. The van der Waals surface area contributed by atoms with Crippen molar-refractivity contribution in [1.29, 1.82) is 0 Å². The SMILES string of the molecule is CCc1cccc(CC)c1NC(=O)C1CCC(CN)CC1. The quantitative estimate of drug-likeness (QED) is 0.871. The number of carbonyl (C=O) groups is 1. The number of hydrogen-bond acceptors (Lipinski definition) is 2. The minimum Gasteiger partial charge on any atom is -0.330 e. The number of nitrogens with one attached hydrogen (secondary N) is 1. The Balaban J connectivity index is 2.06. The molecule has 1 amide bonds. The highest BCUT2D eigenvalue weighted by Gasteiger charge is 2.26. The van der Waals surface area contributed by atoms with Crippen molar-refractivity contribution >= 4 is 11.6 Å². The van der Waals surface area contributed by atoms with Crippen LogP contribution in [0, 0.1) is 11.8 Å². The molecule has 0 radical (unpaired) electrons. The number of anilines is 1. The summed E-state index contributed by atoms with van der Waals surface area (Å²) in [5, 5.41) is 3.21. The van der Waals surface area contributed by atoms with Crippen molar-refractivity contribution in [2.45, 2.75) is 52.4 Å². The average Bonchev–Trinajstić information content (AvgIpc) is 2.55. The first-order valence-electron chi connectivity index (χ1n) is 8.31. The van der Waals surface area contributed by atoms with Gasteiger partial charge in [-0.15, -0.1) is 0 Å². The molecule has 2 rings (SSSR count). The second-order valence-electron chi connectivity index (χ2n) is 6.10. The maximum Gasteiger partial charge on any atom is 0.227 e. The van der Waals surface area contributed by atoms with Gasteiger partial charge in [0.2, 0.25) is 5.91 Å². The average molecular weight is 288 g/mol. The Morgan fingerprint density at radius 1 is 1.14 bits per heavy atom. The van der Waals surface area contributed by atoms with E-state index in [1.54, 1.807) is 0 Å². The summed E-state index contributed by atoms with van der Waals surface area (Å²) in [5.41, 5.74) is 9.24. The van der Waals surface area contributed by atoms with E-state index in [-0.39, 0.29) is 11.8 Å². The van der Waals surface area contributed by atoms with E-state index < -0.39 is 0 Å². The fourth-order valence-corrected chi connectivity index (χ4v) is 3.29. The fourth-order valence-electron chi connectivity index (χ4n) is 3.29. The minimum atomic E-state index is 0.155. The zero-order chi connectivity index (χ0) is 15.2. The number of aryl methyl sites for hydroxylation is 2. The van der Waals surface area contributed by atoms with E-state index in [2.05, 4.69) is 37.4 Å². The highest BCUT2D eigenvalue weighted by Crippen LogP contribution is 2.30. The molecule has 0 atom stereocenters. The molecule has 1 aromatic carbocycles. The predicted octanol–water partition coefficient (Wildman–Crippen LogP) is 3.52. The molecule has 0 spiro atoms. The molecule has 3 N–H and O–H groups in total. The van der Waals surface area contributed by atoms with E-state index in [0.29, 0.717) is 5.92 Å². The highest BCUT2D eigenvalue weighted by molar-refractivity contribution is 5.94. The van der Waals surface area contributed by atoms with Gasteiger partial charge in [0.1, 0.15) is 0 Å². The van der Waals surface area contributed by atoms with E-state index in [1.807, 2.05) is 0 Å². The molecule has 1 aromatic rings. The van der Waals surface area contributed by atoms with Crippen molar-refractivity contribution in [1.82, 2.24) is 0 Å². The maximum absolute atomic E-state index is 12.6. The van der Waals surface area contributed by atoms with Gasteiger partial charge in [-0.3, -0.25) is 4.79 Å². The van der Waals surface area contributed by atoms with Crippen LogP contribution in [0.5, 0.6) is 0 Å². The van der Waals surface area contributed by atoms with Crippen LogP contribution >= 0.6 is 0 Å². The molecule has 3 nitrogen and oxygen atoms in total. The number of para-hydroxylation sites is 1. The fraction of sp³-hybridized carbons (Fsp3) is 0.611. The van der Waals surface area contributed by atoms with Crippen molar-refractivity contribution in [3.8, 4) is 0 Å². The molecule has 1 saturated carbocycles. The molecule has 116 valence electrons. The topological polar surface area (TPSA) is 55.1 Å². The van der Waals surface area contributed by atoms with E-state index >= 15 is 0 Å². The van der Waals surface area contributed by atoms with E-state index in [1.165, 1.54) is 11.1 Å². The molecule has 0 bridgehead atoms. The maximum atomic E-state index is 12.6. The number of rotatable bonds is 5. The second-order valence-corrected chi connectivity index (χ2v) is 6.10. The molecule has 0 aliphatic heterocycles. The Kier molecular flexibility index (Phi) is 5.80. The second kappa shape index (κ2) is 7.60. The predicted molar refractivity (Wildman–Crippen MR) is 88.3 cm³/mol. The van der Waals surface area contributed by atoms with Gasteiger partial charge in [-0.1, -0.05) is 32.0 Å². The Morgan fingerprint density at radius 2 is 1.71 bits per heavy atom. The molecule has 1 aliphatic carbocycles. The van der Waals surface area contributed by atoms with Crippen molar-refractivity contribution in [2.24, 2.45) is 17.6 Å². The lowest BCUT2D eigenvalue weighted by Crippen LogP contribution is -2.30. The molecule has 0 heterocycles. The summed E-state index contributed by atoms with van der Waals surface area (Å²) in [6.07, 6.45) is 6.02.